The van der Waals surface area contributed by atoms with E-state index in [0.717, 1.165) is 17.7 Å². The lowest BCUT2D eigenvalue weighted by molar-refractivity contribution is -0.137. The van der Waals surface area contributed by atoms with Gasteiger partial charge in [0.15, 0.2) is 0 Å². The minimum Gasteiger partial charge on any atom is -0.508 e. The number of carbonyl (C=O) groups is 1. The van der Waals surface area contributed by atoms with Gasteiger partial charge < -0.3 is 21.1 Å². The summed E-state index contributed by atoms with van der Waals surface area (Å²) in [5, 5.41) is 14.6. The number of halogens is 3. The second kappa shape index (κ2) is 9.24. The highest BCUT2D eigenvalue weighted by molar-refractivity contribution is 5.91. The van der Waals surface area contributed by atoms with Crippen molar-refractivity contribution in [3.8, 4) is 5.75 Å². The number of amides is 1. The van der Waals surface area contributed by atoms with Gasteiger partial charge in [-0.15, -0.1) is 0 Å². The molecular weight excluding hydrogens is 459 g/mol. The molecule has 1 aliphatic heterocycles. The number of nitrogens with one attached hydrogen (secondary N) is 1. The molecule has 35 heavy (non-hydrogen) atoms. The number of nitrogen functional groups attached to an aromatic ring is 1. The number of piperidine rings is 1. The second-order valence-electron chi connectivity index (χ2n) is 9.08. The summed E-state index contributed by atoms with van der Waals surface area (Å²) >= 11 is 0. The maximum atomic E-state index is 13.3. The van der Waals surface area contributed by atoms with Gasteiger partial charge in [-0.25, -0.2) is 9.97 Å². The number of hydrogen-bond acceptors (Lipinski definition) is 6. The van der Waals surface area contributed by atoms with Crippen molar-refractivity contribution < 1.29 is 23.1 Å². The van der Waals surface area contributed by atoms with Gasteiger partial charge in [0.2, 0.25) is 5.91 Å². The molecule has 1 atom stereocenters. The van der Waals surface area contributed by atoms with E-state index in [9.17, 15) is 23.1 Å². The van der Waals surface area contributed by atoms with E-state index in [0.29, 0.717) is 54.0 Å². The van der Waals surface area contributed by atoms with E-state index < -0.39 is 17.8 Å². The smallest absolute Gasteiger partial charge is 0.416 e. The van der Waals surface area contributed by atoms with Crippen molar-refractivity contribution in [1.82, 2.24) is 14.9 Å². The van der Waals surface area contributed by atoms with Crippen LogP contribution in [-0.4, -0.2) is 39.0 Å². The molecule has 4 rings (SSSR count). The Morgan fingerprint density at radius 3 is 2.49 bits per heavy atom. The molecule has 0 unspecified atom stereocenters. The van der Waals surface area contributed by atoms with Crippen LogP contribution in [0.25, 0.3) is 10.9 Å². The number of nitrogens with zero attached hydrogens (tertiary/aromatic N) is 3. The number of rotatable bonds is 4. The number of aromatic hydroxyl groups is 1. The van der Waals surface area contributed by atoms with Crippen LogP contribution in [0.2, 0.25) is 0 Å². The minimum absolute atomic E-state index is 0.0244. The molecule has 1 aliphatic rings. The summed E-state index contributed by atoms with van der Waals surface area (Å²) in [5.74, 6) is 1.13. The van der Waals surface area contributed by atoms with Gasteiger partial charge in [0.25, 0.3) is 0 Å². The number of phenolic OH excluding ortho intramolecular Hbond substituents is 1. The first-order valence-corrected chi connectivity index (χ1v) is 11.4. The van der Waals surface area contributed by atoms with Gasteiger partial charge in [-0.05, 0) is 68.0 Å². The van der Waals surface area contributed by atoms with E-state index in [4.69, 9.17) is 5.73 Å². The number of phenols is 1. The van der Waals surface area contributed by atoms with Gasteiger partial charge in [-0.2, -0.15) is 13.2 Å². The molecule has 0 spiro atoms. The number of hydrogen-bond donors (Lipinski definition) is 3. The number of likely N-dealkylation sites (tertiary alicyclic amines) is 1. The molecule has 7 nitrogen and oxygen atoms in total. The summed E-state index contributed by atoms with van der Waals surface area (Å²) in [6.07, 6.45) is -3.07. The number of benzene rings is 2. The molecule has 1 fully saturated rings. The molecule has 0 bridgehead atoms. The van der Waals surface area contributed by atoms with Gasteiger partial charge in [0.05, 0.1) is 17.1 Å². The lowest BCUT2D eigenvalue weighted by Crippen LogP contribution is -2.36. The van der Waals surface area contributed by atoms with Crippen molar-refractivity contribution >= 4 is 28.3 Å². The van der Waals surface area contributed by atoms with E-state index in [2.05, 4.69) is 15.3 Å². The van der Waals surface area contributed by atoms with E-state index >= 15 is 0 Å². The number of fused-ring (bicyclic) bond motifs is 1. The number of aryl methyl sites for hydroxylation is 1. The first-order chi connectivity index (χ1) is 16.4. The fourth-order valence-corrected chi connectivity index (χ4v) is 4.62. The molecular formula is C25H28F3N5O2. The van der Waals surface area contributed by atoms with Crippen molar-refractivity contribution in [1.29, 1.82) is 0 Å². The number of aromatic nitrogens is 2. The average Bonchev–Trinajstić information content (AvgIpc) is 2.77. The molecule has 186 valence electrons. The van der Waals surface area contributed by atoms with E-state index in [1.165, 1.54) is 6.07 Å². The summed E-state index contributed by atoms with van der Waals surface area (Å²) in [5.41, 5.74) is 6.60. The molecule has 4 N–H and O–H groups in total. The van der Waals surface area contributed by atoms with E-state index in [1.807, 2.05) is 6.07 Å². The maximum absolute atomic E-state index is 13.3. The quantitative estimate of drug-likeness (QED) is 0.440. The van der Waals surface area contributed by atoms with Crippen molar-refractivity contribution in [2.75, 3.05) is 24.1 Å². The SMILES string of the molecule is CC(=O)N1CCC(c2cc3c(N[C@H](C)c4cc(N)cc(C(F)(F)F)c4)nc(C)nc3cc2O)CC1. The fourth-order valence-electron chi connectivity index (χ4n) is 4.62. The third kappa shape index (κ3) is 5.26. The van der Waals surface area contributed by atoms with Crippen LogP contribution in [0.1, 0.15) is 61.2 Å². The Labute approximate surface area is 201 Å². The largest absolute Gasteiger partial charge is 0.508 e. The summed E-state index contributed by atoms with van der Waals surface area (Å²) in [6.45, 7) is 6.21. The average molecular weight is 488 g/mol. The van der Waals surface area contributed by atoms with Crippen LogP contribution in [0.5, 0.6) is 5.75 Å². The molecule has 0 saturated carbocycles. The third-order valence-corrected chi connectivity index (χ3v) is 6.49. The monoisotopic (exact) mass is 487 g/mol. The van der Waals surface area contributed by atoms with Gasteiger partial charge in [-0.3, -0.25) is 4.79 Å². The summed E-state index contributed by atoms with van der Waals surface area (Å²) in [7, 11) is 0. The maximum Gasteiger partial charge on any atom is 0.416 e. The molecule has 1 saturated heterocycles. The zero-order valence-electron chi connectivity index (χ0n) is 19.8. The molecule has 10 heteroatoms. The number of anilines is 2. The van der Waals surface area contributed by atoms with Crippen LogP contribution in [-0.2, 0) is 11.0 Å². The Bertz CT molecular complexity index is 1270. The highest BCUT2D eigenvalue weighted by Gasteiger charge is 2.31. The van der Waals surface area contributed by atoms with Crippen molar-refractivity contribution in [2.45, 2.75) is 51.7 Å². The second-order valence-corrected chi connectivity index (χ2v) is 9.08. The fraction of sp³-hybridized carbons (Fsp3) is 0.400. The Morgan fingerprint density at radius 2 is 1.86 bits per heavy atom. The molecule has 1 amide bonds. The highest BCUT2D eigenvalue weighted by Crippen LogP contribution is 2.38. The highest BCUT2D eigenvalue weighted by atomic mass is 19.4. The van der Waals surface area contributed by atoms with Crippen LogP contribution in [0.4, 0.5) is 24.7 Å². The van der Waals surface area contributed by atoms with Crippen LogP contribution in [0, 0.1) is 6.92 Å². The van der Waals surface area contributed by atoms with Crippen molar-refractivity contribution in [3.05, 3.63) is 52.8 Å². The minimum atomic E-state index is -4.51. The molecule has 2 aromatic carbocycles. The zero-order chi connectivity index (χ0) is 25.5. The molecule has 0 radical (unpaired) electrons. The molecule has 2 heterocycles. The Hall–Kier alpha value is -3.56. The predicted octanol–water partition coefficient (Wildman–Crippen LogP) is 5.14. The first-order valence-electron chi connectivity index (χ1n) is 11.4. The van der Waals surface area contributed by atoms with Crippen LogP contribution in [0.3, 0.4) is 0 Å². The van der Waals surface area contributed by atoms with Gasteiger partial charge in [0, 0.05) is 37.2 Å². The van der Waals surface area contributed by atoms with E-state index in [1.54, 1.807) is 31.7 Å². The molecule has 0 aliphatic carbocycles. The number of nitrogens with two attached hydrogens (primary N) is 1. The van der Waals surface area contributed by atoms with Crippen LogP contribution >= 0.6 is 0 Å². The summed E-state index contributed by atoms with van der Waals surface area (Å²) in [4.78, 5) is 22.4. The number of alkyl halides is 3. The van der Waals surface area contributed by atoms with Crippen LogP contribution in [0.15, 0.2) is 30.3 Å². The van der Waals surface area contributed by atoms with E-state index in [-0.39, 0.29) is 23.3 Å². The zero-order valence-corrected chi connectivity index (χ0v) is 19.8. The lowest BCUT2D eigenvalue weighted by atomic mass is 9.88. The summed E-state index contributed by atoms with van der Waals surface area (Å²) < 4.78 is 39.9. The topological polar surface area (TPSA) is 104 Å². The summed E-state index contributed by atoms with van der Waals surface area (Å²) in [6, 6.07) is 6.39. The van der Waals surface area contributed by atoms with Gasteiger partial charge >= 0.3 is 6.18 Å². The number of carbonyl (C=O) groups excluding carboxylic acids is 1. The Balaban J connectivity index is 1.68. The predicted molar refractivity (Wildman–Crippen MR) is 128 cm³/mol. The van der Waals surface area contributed by atoms with Crippen molar-refractivity contribution in [3.63, 3.8) is 0 Å². The lowest BCUT2D eigenvalue weighted by Gasteiger charge is -2.32. The normalized spacial score (nSPS) is 15.9. The molecule has 3 aromatic rings. The Morgan fingerprint density at radius 1 is 1.17 bits per heavy atom. The first kappa shape index (κ1) is 24.6. The van der Waals surface area contributed by atoms with Crippen LogP contribution < -0.4 is 11.1 Å². The van der Waals surface area contributed by atoms with Crippen molar-refractivity contribution in [2.24, 2.45) is 0 Å². The van der Waals surface area contributed by atoms with Gasteiger partial charge in [0.1, 0.15) is 17.4 Å². The third-order valence-electron chi connectivity index (χ3n) is 6.49. The van der Waals surface area contributed by atoms with Gasteiger partial charge in [-0.1, -0.05) is 0 Å². The Kier molecular flexibility index (Phi) is 6.48. The standard InChI is InChI=1S/C25H28F3N5O2/c1-13(17-8-18(25(26,27)28)10-19(29)9-17)30-24-21-11-20(16-4-6-33(7-5-16)15(3)34)23(35)12-22(21)31-14(2)32-24/h8-13,16,35H,4-7,29H2,1-3H3,(H,30,31,32)/t13-/m1/s1. The molecule has 1 aromatic heterocycles.